The minimum absolute atomic E-state index is 0.0175. The van der Waals surface area contributed by atoms with Gasteiger partial charge in [-0.3, -0.25) is 9.36 Å². The first-order valence-corrected chi connectivity index (χ1v) is 29.4. The normalized spacial score (nSPS) is 18.8. The van der Waals surface area contributed by atoms with Crippen LogP contribution in [0.1, 0.15) is 31.2 Å². The van der Waals surface area contributed by atoms with E-state index in [1.54, 1.807) is 17.1 Å². The zero-order valence-electron chi connectivity index (χ0n) is 46.0. The van der Waals surface area contributed by atoms with Gasteiger partial charge in [0.25, 0.3) is 0 Å². The van der Waals surface area contributed by atoms with Gasteiger partial charge in [0.1, 0.15) is 54.3 Å². The average Bonchev–Trinajstić information content (AvgIpc) is 2.37. The molecule has 3 aliphatic rings. The molecular formula is C52H70ClF3N9O18P. The van der Waals surface area contributed by atoms with Crippen molar-refractivity contribution >= 4 is 47.7 Å². The summed E-state index contributed by atoms with van der Waals surface area (Å²) in [6.07, 6.45) is -0.789. The van der Waals surface area contributed by atoms with Gasteiger partial charge in [0.05, 0.1) is 143 Å². The summed E-state index contributed by atoms with van der Waals surface area (Å²) in [6.45, 7) is 9.05. The molecule has 0 bridgehead atoms. The molecule has 0 amide bonds. The molecule has 84 heavy (non-hydrogen) atoms. The number of benzene rings is 2. The summed E-state index contributed by atoms with van der Waals surface area (Å²) in [5.74, 6) is -4.29. The van der Waals surface area contributed by atoms with Crippen molar-refractivity contribution < 1.29 is 99.4 Å². The molecule has 8 rings (SSSR count). The third kappa shape index (κ3) is 19.6. The Bertz CT molecular complexity index is 2850. The van der Waals surface area contributed by atoms with Gasteiger partial charge in [0, 0.05) is 49.4 Å². The number of carbonyl (C=O) groups is 1. The maximum Gasteiger partial charge on any atom is 0.350 e. The highest BCUT2D eigenvalue weighted by Crippen LogP contribution is 2.44. The minimum Gasteiger partial charge on any atom is -0.491 e. The topological polar surface area (TPSA) is 307 Å². The van der Waals surface area contributed by atoms with Gasteiger partial charge in [-0.15, -0.1) is 5.10 Å². The Kier molecular flexibility index (Phi) is 25.0. The maximum atomic E-state index is 13.6. The first kappa shape index (κ1) is 64.7. The number of anilines is 2. The molecule has 32 heteroatoms. The van der Waals surface area contributed by atoms with Crippen LogP contribution in [0.15, 0.2) is 48.8 Å². The fourth-order valence-electron chi connectivity index (χ4n) is 9.46. The van der Waals surface area contributed by atoms with Crippen molar-refractivity contribution in [1.29, 1.82) is 0 Å². The quantitative estimate of drug-likeness (QED) is 0.0145. The highest BCUT2D eigenvalue weighted by Gasteiger charge is 2.48. The molecule has 5 aromatic rings. The molecule has 2 aromatic carbocycles. The molecule has 1 spiro atoms. The molecule has 4 atom stereocenters. The number of rotatable bonds is 38. The minimum atomic E-state index is -4.44. The Hall–Kier alpha value is -5.25. The SMILES string of the molecule is O=C(CCOCCOCCOCCOCCn1cc(COCCOCCOCCOCCOc2ccc(N3CCCC4(C3)CN(c3nc(Cl)nc5c3cnn5[C@@H]3O[C@H](COCP(=O)(O)O)[C@@H](O)[C@H]3O)C4)cc2)nn1)Oc1c(F)cc(F)cc1F. The lowest BCUT2D eigenvalue weighted by Crippen LogP contribution is -2.63. The molecule has 6 heterocycles. The zero-order chi connectivity index (χ0) is 59.3. The first-order chi connectivity index (χ1) is 40.6. The summed E-state index contributed by atoms with van der Waals surface area (Å²) in [4.78, 5) is 43.4. The first-order valence-electron chi connectivity index (χ1n) is 27.3. The smallest absolute Gasteiger partial charge is 0.350 e. The number of ether oxygens (including phenoxy) is 12. The van der Waals surface area contributed by atoms with E-state index in [0.29, 0.717) is 127 Å². The number of piperidine rings is 1. The van der Waals surface area contributed by atoms with Crippen molar-refractivity contribution in [1.82, 2.24) is 34.7 Å². The predicted octanol–water partition coefficient (Wildman–Crippen LogP) is 3.07. The van der Waals surface area contributed by atoms with Gasteiger partial charge in [-0.1, -0.05) is 5.21 Å². The number of aliphatic hydroxyl groups is 2. The lowest BCUT2D eigenvalue weighted by molar-refractivity contribution is -0.136. The Morgan fingerprint density at radius 3 is 1.99 bits per heavy atom. The molecule has 464 valence electrons. The van der Waals surface area contributed by atoms with Crippen LogP contribution in [0.4, 0.5) is 24.7 Å². The molecule has 0 saturated carbocycles. The molecular weight excluding hydrogens is 1160 g/mol. The second-order valence-electron chi connectivity index (χ2n) is 19.8. The summed E-state index contributed by atoms with van der Waals surface area (Å²) >= 11 is 6.43. The lowest BCUT2D eigenvalue weighted by atomic mass is 9.73. The summed E-state index contributed by atoms with van der Waals surface area (Å²) in [6, 6.07) is 8.89. The molecule has 0 unspecified atom stereocenters. The third-order valence-corrected chi connectivity index (χ3v) is 14.1. The van der Waals surface area contributed by atoms with E-state index in [2.05, 4.69) is 52.0 Å². The van der Waals surface area contributed by atoms with E-state index in [4.69, 9.17) is 73.5 Å². The molecule has 3 fully saturated rings. The monoisotopic (exact) mass is 1230 g/mol. The highest BCUT2D eigenvalue weighted by molar-refractivity contribution is 7.51. The van der Waals surface area contributed by atoms with Gasteiger partial charge >= 0.3 is 13.6 Å². The van der Waals surface area contributed by atoms with E-state index in [9.17, 15) is 32.7 Å². The van der Waals surface area contributed by atoms with Crippen LogP contribution in [0.2, 0.25) is 5.28 Å². The third-order valence-electron chi connectivity index (χ3n) is 13.4. The van der Waals surface area contributed by atoms with Crippen molar-refractivity contribution in [3.63, 3.8) is 0 Å². The van der Waals surface area contributed by atoms with Crippen molar-refractivity contribution in [3.05, 3.63) is 77.2 Å². The van der Waals surface area contributed by atoms with Gasteiger partial charge in [-0.05, 0) is 48.7 Å². The van der Waals surface area contributed by atoms with Crippen LogP contribution in [-0.4, -0.2) is 224 Å². The number of esters is 1. The molecule has 3 aliphatic heterocycles. The van der Waals surface area contributed by atoms with Crippen LogP contribution in [0.5, 0.6) is 11.5 Å². The summed E-state index contributed by atoms with van der Waals surface area (Å²) in [5.41, 5.74) is 2.09. The van der Waals surface area contributed by atoms with Crippen molar-refractivity contribution in [2.45, 2.75) is 57.0 Å². The van der Waals surface area contributed by atoms with Crippen LogP contribution >= 0.6 is 19.2 Å². The molecule has 0 radical (unpaired) electrons. The van der Waals surface area contributed by atoms with Crippen LogP contribution in [-0.2, 0) is 69.9 Å². The fourth-order valence-corrected chi connectivity index (χ4v) is 9.96. The fraction of sp³-hybridized carbons (Fsp3) is 0.615. The van der Waals surface area contributed by atoms with E-state index in [1.165, 1.54) is 4.68 Å². The van der Waals surface area contributed by atoms with E-state index in [1.807, 2.05) is 12.1 Å². The second kappa shape index (κ2) is 32.5. The molecule has 0 aliphatic carbocycles. The standard InChI is InChI=1S/C52H70ClF3N9O18P/c53-51-58-48(40-28-57-65(49(40)59-51)50-46(68)45(67)43(82-50)31-80-35-84(69,70)71)63-33-52(34-63)7-1-8-62(32-52)38-2-4-39(5-3-38)81-25-24-78-21-20-76-18-19-77-22-23-79-30-37-29-64(61-60-37)9-11-73-13-15-75-17-16-74-14-12-72-10-6-44(66)83-47-41(55)26-36(54)27-42(47)56/h2-5,26-29,43,45-46,50,67-68H,1,6-25,30-35H2,(H2,69,70,71)/t43-,45-,46-,50-/m1/s1. The highest BCUT2D eigenvalue weighted by atomic mass is 35.5. The number of fused-ring (bicyclic) bond motifs is 1. The van der Waals surface area contributed by atoms with E-state index >= 15 is 0 Å². The van der Waals surface area contributed by atoms with Gasteiger partial charge < -0.3 is 86.6 Å². The number of nitrogens with zero attached hydrogens (tertiary/aromatic N) is 9. The Morgan fingerprint density at radius 2 is 1.35 bits per heavy atom. The maximum absolute atomic E-state index is 13.6. The van der Waals surface area contributed by atoms with Crippen LogP contribution < -0.4 is 19.3 Å². The largest absolute Gasteiger partial charge is 0.491 e. The summed E-state index contributed by atoms with van der Waals surface area (Å²) < 4.78 is 120. The van der Waals surface area contributed by atoms with Crippen molar-refractivity contribution in [2.75, 3.05) is 155 Å². The molecule has 3 saturated heterocycles. The Labute approximate surface area is 486 Å². The summed E-state index contributed by atoms with van der Waals surface area (Å²) in [5, 5.41) is 34.6. The number of carbonyl (C=O) groups excluding carboxylic acids is 1. The van der Waals surface area contributed by atoms with Gasteiger partial charge in [-0.25, -0.2) is 22.5 Å². The van der Waals surface area contributed by atoms with Gasteiger partial charge in [0.2, 0.25) is 11.0 Å². The van der Waals surface area contributed by atoms with E-state index < -0.39 is 67.7 Å². The van der Waals surface area contributed by atoms with E-state index in [-0.39, 0.29) is 50.2 Å². The van der Waals surface area contributed by atoms with Gasteiger partial charge in [-0.2, -0.15) is 15.1 Å². The van der Waals surface area contributed by atoms with Crippen LogP contribution in [0.25, 0.3) is 11.0 Å². The zero-order valence-corrected chi connectivity index (χ0v) is 47.7. The second-order valence-corrected chi connectivity index (χ2v) is 21.7. The number of aliphatic hydroxyl groups excluding tert-OH is 2. The molecule has 27 nitrogen and oxygen atoms in total. The number of hydrogen-bond donors (Lipinski definition) is 4. The Morgan fingerprint density at radius 1 is 0.750 bits per heavy atom. The number of aromatic nitrogens is 7. The number of hydrogen-bond acceptors (Lipinski definition) is 23. The average molecular weight is 1230 g/mol. The van der Waals surface area contributed by atoms with E-state index in [0.717, 1.165) is 50.5 Å². The predicted molar refractivity (Wildman–Crippen MR) is 289 cm³/mol. The summed E-state index contributed by atoms with van der Waals surface area (Å²) in [7, 11) is -4.44. The Balaban J connectivity index is 0.585. The van der Waals surface area contributed by atoms with Crippen LogP contribution in [0.3, 0.4) is 0 Å². The van der Waals surface area contributed by atoms with Crippen molar-refractivity contribution in [3.8, 4) is 11.5 Å². The van der Waals surface area contributed by atoms with Crippen LogP contribution in [0, 0.1) is 22.9 Å². The molecule has 4 N–H and O–H groups in total. The molecule has 3 aromatic heterocycles. The lowest BCUT2D eigenvalue weighted by Gasteiger charge is -2.55. The van der Waals surface area contributed by atoms with Gasteiger partial charge in [0.15, 0.2) is 23.5 Å². The van der Waals surface area contributed by atoms with Crippen molar-refractivity contribution in [2.24, 2.45) is 5.41 Å². The number of halogens is 4.